The summed E-state index contributed by atoms with van der Waals surface area (Å²) in [4.78, 5) is 0. The Morgan fingerprint density at radius 2 is 2.56 bits per heavy atom. The molecule has 1 rings (SSSR count). The van der Waals surface area contributed by atoms with Crippen LogP contribution in [0.2, 0.25) is 0 Å². The molecule has 0 bridgehead atoms. The molecule has 3 N–H and O–H groups in total. The molecule has 1 aliphatic rings. The van der Waals surface area contributed by atoms with E-state index in [4.69, 9.17) is 5.11 Å². The van der Waals surface area contributed by atoms with E-state index < -0.39 is 0 Å². The van der Waals surface area contributed by atoms with E-state index in [-0.39, 0.29) is 6.61 Å². The van der Waals surface area contributed by atoms with E-state index in [1.807, 2.05) is 7.05 Å². The summed E-state index contributed by atoms with van der Waals surface area (Å²) in [5, 5.41) is 15.0. The summed E-state index contributed by atoms with van der Waals surface area (Å²) >= 11 is 0. The Balaban J connectivity index is 2.20. The second-order valence-corrected chi connectivity index (χ2v) is 2.51. The average Bonchev–Trinajstić information content (AvgIpc) is 2.34. The summed E-state index contributed by atoms with van der Waals surface area (Å²) in [6, 6.07) is 0.879. The van der Waals surface area contributed by atoms with Crippen LogP contribution in [0.5, 0.6) is 0 Å². The predicted molar refractivity (Wildman–Crippen MR) is 36.3 cm³/mol. The normalized spacial score (nSPS) is 35.3. The molecule has 1 fully saturated rings. The first kappa shape index (κ1) is 6.99. The fraction of sp³-hybridized carbons (Fsp3) is 1.00. The lowest BCUT2D eigenvalue weighted by molar-refractivity contribution is 0.254. The number of rotatable bonds is 2. The van der Waals surface area contributed by atoms with Gasteiger partial charge in [-0.05, 0) is 13.5 Å². The second-order valence-electron chi connectivity index (χ2n) is 2.51. The van der Waals surface area contributed by atoms with Crippen LogP contribution in [0.1, 0.15) is 6.42 Å². The lowest BCUT2D eigenvalue weighted by Crippen LogP contribution is -2.27. The first-order valence-corrected chi connectivity index (χ1v) is 3.38. The van der Waals surface area contributed by atoms with Gasteiger partial charge in [0.1, 0.15) is 0 Å². The number of aliphatic hydroxyl groups is 1. The molecule has 2 atom stereocenters. The highest BCUT2D eigenvalue weighted by Crippen LogP contribution is 2.04. The zero-order valence-electron chi connectivity index (χ0n) is 5.72. The molecule has 54 valence electrons. The highest BCUT2D eigenvalue weighted by Gasteiger charge is 2.20. The van der Waals surface area contributed by atoms with Crippen LogP contribution in [0, 0.1) is 0 Å². The molecule has 2 unspecified atom stereocenters. The van der Waals surface area contributed by atoms with Crippen LogP contribution < -0.4 is 10.6 Å². The number of hydrogen-bond donors (Lipinski definition) is 3. The van der Waals surface area contributed by atoms with Gasteiger partial charge in [-0.2, -0.15) is 0 Å². The van der Waals surface area contributed by atoms with Gasteiger partial charge in [0.25, 0.3) is 0 Å². The molecule has 0 radical (unpaired) electrons. The Labute approximate surface area is 55.5 Å². The van der Waals surface area contributed by atoms with Gasteiger partial charge in [0, 0.05) is 18.6 Å². The van der Waals surface area contributed by atoms with Crippen LogP contribution in [0.25, 0.3) is 0 Å². The highest BCUT2D eigenvalue weighted by molar-refractivity contribution is 4.84. The minimum absolute atomic E-state index is 0.262. The quantitative estimate of drug-likeness (QED) is 0.446. The van der Waals surface area contributed by atoms with E-state index in [0.717, 1.165) is 13.0 Å². The average molecular weight is 130 g/mol. The smallest absolute Gasteiger partial charge is 0.0585 e. The standard InChI is InChI=1S/C6H14N2O/c1-7-5-2-6(4-9)8-3-5/h5-9H,2-4H2,1H3. The molecule has 3 nitrogen and oxygen atoms in total. The lowest BCUT2D eigenvalue weighted by Gasteiger charge is -2.05. The molecular weight excluding hydrogens is 116 g/mol. The molecule has 9 heavy (non-hydrogen) atoms. The third-order valence-corrected chi connectivity index (χ3v) is 1.85. The van der Waals surface area contributed by atoms with Gasteiger partial charge in [0.15, 0.2) is 0 Å². The van der Waals surface area contributed by atoms with Crippen molar-refractivity contribution < 1.29 is 5.11 Å². The van der Waals surface area contributed by atoms with Crippen LogP contribution in [-0.4, -0.2) is 37.4 Å². The van der Waals surface area contributed by atoms with Crippen molar-refractivity contribution in [3.8, 4) is 0 Å². The van der Waals surface area contributed by atoms with E-state index in [2.05, 4.69) is 10.6 Å². The first-order chi connectivity index (χ1) is 4.36. The number of nitrogens with one attached hydrogen (secondary N) is 2. The van der Waals surface area contributed by atoms with Gasteiger partial charge in [-0.3, -0.25) is 0 Å². The number of aliphatic hydroxyl groups excluding tert-OH is 1. The Hall–Kier alpha value is -0.120. The maximum atomic E-state index is 8.69. The molecule has 0 aliphatic carbocycles. The monoisotopic (exact) mass is 130 g/mol. The summed E-state index contributed by atoms with van der Waals surface area (Å²) in [5.41, 5.74) is 0. The van der Waals surface area contributed by atoms with Crippen LogP contribution in [0.4, 0.5) is 0 Å². The lowest BCUT2D eigenvalue weighted by atomic mass is 10.2. The third kappa shape index (κ3) is 1.64. The molecule has 1 saturated heterocycles. The highest BCUT2D eigenvalue weighted by atomic mass is 16.3. The van der Waals surface area contributed by atoms with E-state index in [9.17, 15) is 0 Å². The molecule has 0 aromatic carbocycles. The van der Waals surface area contributed by atoms with Crippen molar-refractivity contribution in [1.82, 2.24) is 10.6 Å². The molecule has 0 aromatic rings. The Kier molecular flexibility index (Phi) is 2.45. The molecule has 1 heterocycles. The van der Waals surface area contributed by atoms with Crippen molar-refractivity contribution in [3.63, 3.8) is 0 Å². The summed E-state index contributed by atoms with van der Waals surface area (Å²) in [6.07, 6.45) is 1.05. The van der Waals surface area contributed by atoms with Crippen molar-refractivity contribution in [2.45, 2.75) is 18.5 Å². The summed E-state index contributed by atoms with van der Waals surface area (Å²) in [6.45, 7) is 1.25. The van der Waals surface area contributed by atoms with Crippen LogP contribution in [-0.2, 0) is 0 Å². The molecule has 0 saturated carbocycles. The van der Waals surface area contributed by atoms with Crippen LogP contribution in [0.3, 0.4) is 0 Å². The molecule has 1 aliphatic heterocycles. The van der Waals surface area contributed by atoms with Gasteiger partial charge >= 0.3 is 0 Å². The first-order valence-electron chi connectivity index (χ1n) is 3.38. The minimum atomic E-state index is 0.262. The molecular formula is C6H14N2O. The number of likely N-dealkylation sites (N-methyl/N-ethyl adjacent to an activating group) is 1. The van der Waals surface area contributed by atoms with E-state index in [1.54, 1.807) is 0 Å². The van der Waals surface area contributed by atoms with Crippen molar-refractivity contribution in [3.05, 3.63) is 0 Å². The fourth-order valence-electron chi connectivity index (χ4n) is 1.18. The SMILES string of the molecule is CNC1CNC(CO)C1. The van der Waals surface area contributed by atoms with Gasteiger partial charge in [-0.1, -0.05) is 0 Å². The second kappa shape index (κ2) is 3.15. The Bertz CT molecular complexity index is 77.1. The minimum Gasteiger partial charge on any atom is -0.395 e. The molecule has 0 aromatic heterocycles. The van der Waals surface area contributed by atoms with Crippen molar-refractivity contribution in [2.24, 2.45) is 0 Å². The molecule has 0 amide bonds. The topological polar surface area (TPSA) is 44.3 Å². The third-order valence-electron chi connectivity index (χ3n) is 1.85. The Morgan fingerprint density at radius 1 is 1.78 bits per heavy atom. The summed E-state index contributed by atoms with van der Waals surface area (Å²) < 4.78 is 0. The molecule has 0 spiro atoms. The maximum absolute atomic E-state index is 8.69. The maximum Gasteiger partial charge on any atom is 0.0585 e. The summed E-state index contributed by atoms with van der Waals surface area (Å²) in [7, 11) is 1.95. The predicted octanol–water partition coefficient (Wildman–Crippen LogP) is -1.07. The largest absolute Gasteiger partial charge is 0.395 e. The van der Waals surface area contributed by atoms with Crippen LogP contribution in [0.15, 0.2) is 0 Å². The van der Waals surface area contributed by atoms with Crippen molar-refractivity contribution in [1.29, 1.82) is 0 Å². The van der Waals surface area contributed by atoms with Gasteiger partial charge in [0.05, 0.1) is 6.61 Å². The Morgan fingerprint density at radius 3 is 2.89 bits per heavy atom. The summed E-state index contributed by atoms with van der Waals surface area (Å²) in [5.74, 6) is 0. The van der Waals surface area contributed by atoms with E-state index in [1.165, 1.54) is 0 Å². The van der Waals surface area contributed by atoms with Crippen molar-refractivity contribution >= 4 is 0 Å². The van der Waals surface area contributed by atoms with Gasteiger partial charge in [-0.15, -0.1) is 0 Å². The van der Waals surface area contributed by atoms with Crippen molar-refractivity contribution in [2.75, 3.05) is 20.2 Å². The fourth-order valence-corrected chi connectivity index (χ4v) is 1.18. The van der Waals surface area contributed by atoms with Gasteiger partial charge < -0.3 is 15.7 Å². The van der Waals surface area contributed by atoms with E-state index >= 15 is 0 Å². The zero-order valence-corrected chi connectivity index (χ0v) is 5.72. The van der Waals surface area contributed by atoms with Gasteiger partial charge in [0.2, 0.25) is 0 Å². The van der Waals surface area contributed by atoms with Crippen LogP contribution >= 0.6 is 0 Å². The van der Waals surface area contributed by atoms with E-state index in [0.29, 0.717) is 12.1 Å². The van der Waals surface area contributed by atoms with Gasteiger partial charge in [-0.25, -0.2) is 0 Å². The number of hydrogen-bond acceptors (Lipinski definition) is 3. The zero-order chi connectivity index (χ0) is 6.69. The molecule has 3 heteroatoms.